The molecule has 0 aliphatic heterocycles. The Labute approximate surface area is 150 Å². The second-order valence-electron chi connectivity index (χ2n) is 5.61. The van der Waals surface area contributed by atoms with E-state index in [0.29, 0.717) is 24.4 Å². The van der Waals surface area contributed by atoms with Crippen molar-refractivity contribution >= 4 is 23.2 Å². The van der Waals surface area contributed by atoms with E-state index >= 15 is 0 Å². The molecule has 0 aliphatic carbocycles. The van der Waals surface area contributed by atoms with Crippen molar-refractivity contribution in [1.82, 2.24) is 10.3 Å². The largest absolute Gasteiger partial charge is 0.497 e. The van der Waals surface area contributed by atoms with Crippen LogP contribution in [-0.4, -0.2) is 35.6 Å². The number of carbonyl (C=O) groups excluding carboxylic acids is 1. The Morgan fingerprint density at radius 3 is 2.60 bits per heavy atom. The summed E-state index contributed by atoms with van der Waals surface area (Å²) in [4.78, 5) is 27.0. The highest BCUT2D eigenvalue weighted by atomic mass is 32.1. The number of carbonyl (C=O) groups is 2. The van der Waals surface area contributed by atoms with Crippen LogP contribution in [0.15, 0.2) is 29.6 Å². The van der Waals surface area contributed by atoms with E-state index in [1.807, 2.05) is 24.3 Å². The molecule has 1 atom stereocenters. The van der Waals surface area contributed by atoms with E-state index in [4.69, 9.17) is 9.84 Å². The Hall–Kier alpha value is -2.41. The third-order valence-corrected chi connectivity index (χ3v) is 4.85. The molecule has 134 valence electrons. The van der Waals surface area contributed by atoms with Crippen molar-refractivity contribution in [1.29, 1.82) is 0 Å². The zero-order valence-corrected chi connectivity index (χ0v) is 15.1. The third-order valence-electron chi connectivity index (χ3n) is 3.94. The number of nitrogens with zero attached hydrogens (tertiary/aromatic N) is 1. The number of carboxylic acids is 1. The van der Waals surface area contributed by atoms with Crippen molar-refractivity contribution in [3.05, 3.63) is 45.9 Å². The predicted molar refractivity (Wildman–Crippen MR) is 96.4 cm³/mol. The van der Waals surface area contributed by atoms with Crippen LogP contribution < -0.4 is 10.1 Å². The number of aromatic carboxylic acids is 1. The molecule has 25 heavy (non-hydrogen) atoms. The summed E-state index contributed by atoms with van der Waals surface area (Å²) >= 11 is 1.29. The van der Waals surface area contributed by atoms with E-state index in [1.54, 1.807) is 7.11 Å². The maximum Gasteiger partial charge on any atom is 0.355 e. The normalized spacial score (nSPS) is 11.8. The van der Waals surface area contributed by atoms with Gasteiger partial charge in [0.2, 0.25) is 5.91 Å². The Balaban J connectivity index is 1.81. The standard InChI is InChI=1S/C18H22N2O4S/c1-3-12(13-4-6-14(24-2)7-5-13)10-16(21)19-9-8-17-20-15(11-25-17)18(22)23/h4-7,11-12H,3,8-10H2,1-2H3,(H,19,21)(H,22,23). The number of rotatable bonds is 9. The second kappa shape index (κ2) is 9.17. The molecule has 0 saturated heterocycles. The monoisotopic (exact) mass is 362 g/mol. The fourth-order valence-electron chi connectivity index (χ4n) is 2.50. The molecule has 0 bridgehead atoms. The van der Waals surface area contributed by atoms with Crippen LogP contribution in [0, 0.1) is 0 Å². The van der Waals surface area contributed by atoms with Crippen LogP contribution in [-0.2, 0) is 11.2 Å². The average Bonchev–Trinajstić information content (AvgIpc) is 3.09. The van der Waals surface area contributed by atoms with Gasteiger partial charge in [0.1, 0.15) is 5.75 Å². The summed E-state index contributed by atoms with van der Waals surface area (Å²) in [5.41, 5.74) is 1.17. The van der Waals surface area contributed by atoms with Gasteiger partial charge < -0.3 is 15.2 Å². The number of methoxy groups -OCH3 is 1. The minimum Gasteiger partial charge on any atom is -0.497 e. The lowest BCUT2D eigenvalue weighted by atomic mass is 9.93. The molecule has 1 aromatic carbocycles. The van der Waals surface area contributed by atoms with Gasteiger partial charge in [-0.05, 0) is 30.0 Å². The maximum atomic E-state index is 12.2. The van der Waals surface area contributed by atoms with Crippen LogP contribution in [0.4, 0.5) is 0 Å². The van der Waals surface area contributed by atoms with E-state index in [9.17, 15) is 9.59 Å². The molecular formula is C18H22N2O4S. The SMILES string of the molecule is CCC(CC(=O)NCCc1nc(C(=O)O)cs1)c1ccc(OC)cc1. The molecular weight excluding hydrogens is 340 g/mol. The first-order chi connectivity index (χ1) is 12.0. The zero-order valence-electron chi connectivity index (χ0n) is 14.3. The van der Waals surface area contributed by atoms with Crippen molar-refractivity contribution in [3.8, 4) is 5.75 Å². The summed E-state index contributed by atoms with van der Waals surface area (Å²) in [6.45, 7) is 2.51. The van der Waals surface area contributed by atoms with Gasteiger partial charge in [0.05, 0.1) is 12.1 Å². The lowest BCUT2D eigenvalue weighted by Crippen LogP contribution is -2.27. The third kappa shape index (κ3) is 5.56. The molecule has 2 rings (SSSR count). The van der Waals surface area contributed by atoms with Gasteiger partial charge in [-0.25, -0.2) is 9.78 Å². The molecule has 0 spiro atoms. The van der Waals surface area contributed by atoms with Crippen LogP contribution in [0.25, 0.3) is 0 Å². The minimum absolute atomic E-state index is 0.0160. The van der Waals surface area contributed by atoms with Crippen molar-refractivity contribution in [3.63, 3.8) is 0 Å². The number of hydrogen-bond acceptors (Lipinski definition) is 5. The Kier molecular flexibility index (Phi) is 6.94. The molecule has 1 amide bonds. The van der Waals surface area contributed by atoms with Gasteiger partial charge in [-0.2, -0.15) is 0 Å². The molecule has 0 fully saturated rings. The van der Waals surface area contributed by atoms with Crippen LogP contribution >= 0.6 is 11.3 Å². The highest BCUT2D eigenvalue weighted by Gasteiger charge is 2.15. The van der Waals surface area contributed by atoms with Crippen molar-refractivity contribution in [2.75, 3.05) is 13.7 Å². The zero-order chi connectivity index (χ0) is 18.2. The van der Waals surface area contributed by atoms with Gasteiger partial charge in [0, 0.05) is 24.8 Å². The van der Waals surface area contributed by atoms with E-state index in [-0.39, 0.29) is 17.5 Å². The van der Waals surface area contributed by atoms with Crippen molar-refractivity contribution < 1.29 is 19.4 Å². The lowest BCUT2D eigenvalue weighted by Gasteiger charge is -2.15. The summed E-state index contributed by atoms with van der Waals surface area (Å²) in [6.07, 6.45) is 1.82. The molecule has 2 N–H and O–H groups in total. The highest BCUT2D eigenvalue weighted by molar-refractivity contribution is 7.09. The van der Waals surface area contributed by atoms with E-state index in [0.717, 1.165) is 17.7 Å². The molecule has 0 saturated carbocycles. The summed E-state index contributed by atoms with van der Waals surface area (Å²) in [7, 11) is 1.63. The highest BCUT2D eigenvalue weighted by Crippen LogP contribution is 2.25. The smallest absolute Gasteiger partial charge is 0.355 e. The molecule has 0 aliphatic rings. The number of benzene rings is 1. The Morgan fingerprint density at radius 1 is 1.32 bits per heavy atom. The second-order valence-corrected chi connectivity index (χ2v) is 6.56. The number of thiazole rings is 1. The van der Waals surface area contributed by atoms with Gasteiger partial charge in [-0.1, -0.05) is 19.1 Å². The minimum atomic E-state index is -1.03. The summed E-state index contributed by atoms with van der Waals surface area (Å²) < 4.78 is 5.15. The summed E-state index contributed by atoms with van der Waals surface area (Å²) in [5, 5.41) is 13.9. The average molecular weight is 362 g/mol. The molecule has 1 heterocycles. The quantitative estimate of drug-likeness (QED) is 0.716. The summed E-state index contributed by atoms with van der Waals surface area (Å²) in [6, 6.07) is 7.78. The van der Waals surface area contributed by atoms with Crippen LogP contribution in [0.1, 0.15) is 46.7 Å². The first kappa shape index (κ1) is 18.9. The molecule has 6 nitrogen and oxygen atoms in total. The Bertz CT molecular complexity index is 712. The molecule has 0 radical (unpaired) electrons. The molecule has 1 unspecified atom stereocenters. The predicted octanol–water partition coefficient (Wildman–Crippen LogP) is 3.09. The fraction of sp³-hybridized carbons (Fsp3) is 0.389. The Morgan fingerprint density at radius 2 is 2.04 bits per heavy atom. The maximum absolute atomic E-state index is 12.2. The first-order valence-electron chi connectivity index (χ1n) is 8.11. The van der Waals surface area contributed by atoms with E-state index in [1.165, 1.54) is 16.7 Å². The number of aromatic nitrogens is 1. The number of nitrogens with one attached hydrogen (secondary N) is 1. The molecule has 7 heteroatoms. The van der Waals surface area contributed by atoms with E-state index in [2.05, 4.69) is 17.2 Å². The van der Waals surface area contributed by atoms with Crippen LogP contribution in [0.3, 0.4) is 0 Å². The fourth-order valence-corrected chi connectivity index (χ4v) is 3.27. The van der Waals surface area contributed by atoms with Gasteiger partial charge in [-0.3, -0.25) is 4.79 Å². The summed E-state index contributed by atoms with van der Waals surface area (Å²) in [5.74, 6) is -0.0916. The van der Waals surface area contributed by atoms with E-state index < -0.39 is 5.97 Å². The first-order valence-corrected chi connectivity index (χ1v) is 8.99. The van der Waals surface area contributed by atoms with Gasteiger partial charge in [-0.15, -0.1) is 11.3 Å². The van der Waals surface area contributed by atoms with Crippen LogP contribution in [0.2, 0.25) is 0 Å². The number of amides is 1. The van der Waals surface area contributed by atoms with Gasteiger partial charge in [0.25, 0.3) is 0 Å². The topological polar surface area (TPSA) is 88.5 Å². The van der Waals surface area contributed by atoms with Gasteiger partial charge in [0.15, 0.2) is 5.69 Å². The van der Waals surface area contributed by atoms with Crippen molar-refractivity contribution in [2.45, 2.75) is 32.1 Å². The number of ether oxygens (including phenoxy) is 1. The van der Waals surface area contributed by atoms with Crippen LogP contribution in [0.5, 0.6) is 5.75 Å². The van der Waals surface area contributed by atoms with Crippen molar-refractivity contribution in [2.24, 2.45) is 0 Å². The lowest BCUT2D eigenvalue weighted by molar-refractivity contribution is -0.121. The molecule has 1 aromatic heterocycles. The number of carboxylic acid groups (broad SMARTS) is 1. The van der Waals surface area contributed by atoms with Gasteiger partial charge >= 0.3 is 5.97 Å². The molecule has 2 aromatic rings. The number of hydrogen-bond donors (Lipinski definition) is 2.